The molecule has 0 unspecified atom stereocenters. The van der Waals surface area contributed by atoms with Gasteiger partial charge >= 0.3 is 0 Å². The molecular weight excluding hydrogens is 247 g/mol. The van der Waals surface area contributed by atoms with Crippen molar-refractivity contribution < 1.29 is 9.13 Å². The van der Waals surface area contributed by atoms with Gasteiger partial charge in [0.25, 0.3) is 0 Å². The number of hydrogen-bond donors (Lipinski definition) is 1. The van der Waals surface area contributed by atoms with Crippen LogP contribution in [0.2, 0.25) is 0 Å². The summed E-state index contributed by atoms with van der Waals surface area (Å²) in [7, 11) is 1.79. The molecule has 1 aromatic heterocycles. The molecule has 0 fully saturated rings. The van der Waals surface area contributed by atoms with Gasteiger partial charge in [0.2, 0.25) is 0 Å². The number of aromatic nitrogens is 3. The van der Waals surface area contributed by atoms with E-state index in [1.807, 2.05) is 13.0 Å². The van der Waals surface area contributed by atoms with Crippen LogP contribution in [0.3, 0.4) is 0 Å². The highest BCUT2D eigenvalue weighted by Crippen LogP contribution is 2.17. The molecule has 6 heteroatoms. The number of nitrogens with zero attached hydrogens (tertiary/aromatic N) is 3. The second-order valence-electron chi connectivity index (χ2n) is 4.16. The molecule has 0 saturated heterocycles. The third kappa shape index (κ3) is 3.75. The highest BCUT2D eigenvalue weighted by Gasteiger charge is 2.05. The summed E-state index contributed by atoms with van der Waals surface area (Å²) in [5.74, 6) is 0.886. The van der Waals surface area contributed by atoms with Gasteiger partial charge in [-0.25, -0.2) is 9.37 Å². The zero-order valence-corrected chi connectivity index (χ0v) is 11.1. The van der Waals surface area contributed by atoms with Crippen molar-refractivity contribution in [3.63, 3.8) is 0 Å². The molecule has 2 aromatic rings. The van der Waals surface area contributed by atoms with Crippen LogP contribution in [-0.2, 0) is 20.2 Å². The molecule has 102 valence electrons. The zero-order chi connectivity index (χ0) is 13.7. The molecule has 0 radical (unpaired) electrons. The summed E-state index contributed by atoms with van der Waals surface area (Å²) in [6.07, 6.45) is 1.46. The van der Waals surface area contributed by atoms with Crippen LogP contribution in [0.5, 0.6) is 5.75 Å². The quantitative estimate of drug-likeness (QED) is 0.862. The average Bonchev–Trinajstić information content (AvgIpc) is 2.79. The lowest BCUT2D eigenvalue weighted by Crippen LogP contribution is -2.12. The molecule has 0 bridgehead atoms. The van der Waals surface area contributed by atoms with Crippen molar-refractivity contribution in [1.82, 2.24) is 20.1 Å². The van der Waals surface area contributed by atoms with E-state index in [-0.39, 0.29) is 12.4 Å². The number of nitrogens with one attached hydrogen (secondary N) is 1. The normalized spacial score (nSPS) is 10.7. The van der Waals surface area contributed by atoms with Crippen LogP contribution in [0.15, 0.2) is 24.5 Å². The Morgan fingerprint density at radius 3 is 2.89 bits per heavy atom. The van der Waals surface area contributed by atoms with Gasteiger partial charge < -0.3 is 10.1 Å². The zero-order valence-electron chi connectivity index (χ0n) is 11.1. The molecule has 19 heavy (non-hydrogen) atoms. The van der Waals surface area contributed by atoms with Crippen molar-refractivity contribution in [2.75, 3.05) is 6.54 Å². The minimum atomic E-state index is -0.302. The Hall–Kier alpha value is -1.95. The van der Waals surface area contributed by atoms with Crippen LogP contribution >= 0.6 is 0 Å². The van der Waals surface area contributed by atoms with Gasteiger partial charge in [-0.15, -0.1) is 0 Å². The third-order valence-corrected chi connectivity index (χ3v) is 2.68. The predicted octanol–water partition coefficient (Wildman–Crippen LogP) is 1.64. The first-order valence-corrected chi connectivity index (χ1v) is 6.15. The summed E-state index contributed by atoms with van der Waals surface area (Å²) in [6.45, 7) is 3.73. The number of ether oxygens (including phenoxy) is 1. The minimum Gasteiger partial charge on any atom is -0.486 e. The third-order valence-electron chi connectivity index (χ3n) is 2.68. The molecule has 0 aliphatic carbocycles. The monoisotopic (exact) mass is 264 g/mol. The second kappa shape index (κ2) is 6.29. The number of aryl methyl sites for hydroxylation is 1. The van der Waals surface area contributed by atoms with E-state index in [1.54, 1.807) is 11.7 Å². The van der Waals surface area contributed by atoms with Gasteiger partial charge in [0.05, 0.1) is 0 Å². The molecule has 0 aliphatic rings. The largest absolute Gasteiger partial charge is 0.486 e. The Balaban J connectivity index is 2.03. The van der Waals surface area contributed by atoms with E-state index in [0.717, 1.165) is 12.1 Å². The molecule has 0 aliphatic heterocycles. The Labute approximate surface area is 111 Å². The van der Waals surface area contributed by atoms with Gasteiger partial charge in [0.1, 0.15) is 24.5 Å². The van der Waals surface area contributed by atoms with Crippen LogP contribution in [0.4, 0.5) is 4.39 Å². The lowest BCUT2D eigenvalue weighted by Gasteiger charge is -2.08. The standard InChI is InChI=1S/C13H17FN4O/c1-3-15-7-10-4-11(14)6-12(5-10)19-8-13-16-9-17-18(13)2/h4-6,9,15H,3,7-8H2,1-2H3. The molecular formula is C13H17FN4O. The van der Waals surface area contributed by atoms with Crippen molar-refractivity contribution in [1.29, 1.82) is 0 Å². The van der Waals surface area contributed by atoms with Gasteiger partial charge in [0, 0.05) is 19.7 Å². The topological polar surface area (TPSA) is 52.0 Å². The maximum atomic E-state index is 13.5. The Bertz CT molecular complexity index is 541. The predicted molar refractivity (Wildman–Crippen MR) is 69.1 cm³/mol. The van der Waals surface area contributed by atoms with Crippen molar-refractivity contribution in [3.8, 4) is 5.75 Å². The maximum Gasteiger partial charge on any atom is 0.164 e. The summed E-state index contributed by atoms with van der Waals surface area (Å²) < 4.78 is 20.6. The highest BCUT2D eigenvalue weighted by atomic mass is 19.1. The van der Waals surface area contributed by atoms with Crippen molar-refractivity contribution in [2.24, 2.45) is 7.05 Å². The second-order valence-corrected chi connectivity index (χ2v) is 4.16. The molecule has 0 atom stereocenters. The number of halogens is 1. The van der Waals surface area contributed by atoms with E-state index in [2.05, 4.69) is 15.4 Å². The van der Waals surface area contributed by atoms with Crippen LogP contribution in [-0.4, -0.2) is 21.3 Å². The smallest absolute Gasteiger partial charge is 0.164 e. The molecule has 2 rings (SSSR count). The Morgan fingerprint density at radius 1 is 1.37 bits per heavy atom. The van der Waals surface area contributed by atoms with Crippen LogP contribution in [0.1, 0.15) is 18.3 Å². The van der Waals surface area contributed by atoms with E-state index in [9.17, 15) is 4.39 Å². The van der Waals surface area contributed by atoms with Crippen molar-refractivity contribution in [2.45, 2.75) is 20.1 Å². The summed E-state index contributed by atoms with van der Waals surface area (Å²) in [4.78, 5) is 4.05. The van der Waals surface area contributed by atoms with Gasteiger partial charge in [-0.1, -0.05) is 6.92 Å². The summed E-state index contributed by atoms with van der Waals surface area (Å²) in [6, 6.07) is 4.69. The number of hydrogen-bond acceptors (Lipinski definition) is 4. The molecule has 1 N–H and O–H groups in total. The summed E-state index contributed by atoms with van der Waals surface area (Å²) in [5, 5.41) is 7.10. The Morgan fingerprint density at radius 2 is 2.21 bits per heavy atom. The summed E-state index contributed by atoms with van der Waals surface area (Å²) >= 11 is 0. The van der Waals surface area contributed by atoms with Crippen molar-refractivity contribution >= 4 is 0 Å². The number of rotatable bonds is 6. The van der Waals surface area contributed by atoms with E-state index in [0.29, 0.717) is 18.1 Å². The molecule has 0 amide bonds. The van der Waals surface area contributed by atoms with Crippen LogP contribution in [0.25, 0.3) is 0 Å². The first-order valence-electron chi connectivity index (χ1n) is 6.15. The van der Waals surface area contributed by atoms with E-state index < -0.39 is 0 Å². The molecule has 0 saturated carbocycles. The molecule has 1 aromatic carbocycles. The van der Waals surface area contributed by atoms with Crippen LogP contribution in [0, 0.1) is 5.82 Å². The fourth-order valence-electron chi connectivity index (χ4n) is 1.67. The first-order chi connectivity index (χ1) is 9.19. The lowest BCUT2D eigenvalue weighted by atomic mass is 10.2. The van der Waals surface area contributed by atoms with E-state index in [1.165, 1.54) is 18.5 Å². The Kier molecular flexibility index (Phi) is 4.46. The van der Waals surface area contributed by atoms with E-state index in [4.69, 9.17) is 4.74 Å². The van der Waals surface area contributed by atoms with Crippen LogP contribution < -0.4 is 10.1 Å². The molecule has 5 nitrogen and oxygen atoms in total. The summed E-state index contributed by atoms with van der Waals surface area (Å²) in [5.41, 5.74) is 0.856. The molecule has 0 spiro atoms. The van der Waals surface area contributed by atoms with Gasteiger partial charge in [-0.2, -0.15) is 5.10 Å². The fourth-order valence-corrected chi connectivity index (χ4v) is 1.67. The van der Waals surface area contributed by atoms with Gasteiger partial charge in [0.15, 0.2) is 5.82 Å². The van der Waals surface area contributed by atoms with Gasteiger partial charge in [-0.05, 0) is 24.2 Å². The minimum absolute atomic E-state index is 0.264. The fraction of sp³-hybridized carbons (Fsp3) is 0.385. The van der Waals surface area contributed by atoms with E-state index >= 15 is 0 Å². The number of benzene rings is 1. The maximum absolute atomic E-state index is 13.5. The van der Waals surface area contributed by atoms with Crippen molar-refractivity contribution in [3.05, 3.63) is 41.7 Å². The van der Waals surface area contributed by atoms with Gasteiger partial charge in [-0.3, -0.25) is 4.68 Å². The lowest BCUT2D eigenvalue weighted by molar-refractivity contribution is 0.288. The average molecular weight is 264 g/mol. The molecule has 1 heterocycles. The SMILES string of the molecule is CCNCc1cc(F)cc(OCc2ncnn2C)c1. The highest BCUT2D eigenvalue weighted by molar-refractivity contribution is 5.29. The first kappa shape index (κ1) is 13.5.